The summed E-state index contributed by atoms with van der Waals surface area (Å²) in [5.74, 6) is 0.199. The van der Waals surface area contributed by atoms with Gasteiger partial charge >= 0.3 is 39.5 Å². The van der Waals surface area contributed by atoms with Gasteiger partial charge < -0.3 is 33.8 Å². The molecule has 4 unspecified atom stereocenters. The van der Waals surface area contributed by atoms with E-state index in [2.05, 4.69) is 72.8 Å². The molecule has 0 aromatic heterocycles. The summed E-state index contributed by atoms with van der Waals surface area (Å²) in [6.07, 6.45) is 61.8. The fourth-order valence-electron chi connectivity index (χ4n) is 11.9. The lowest BCUT2D eigenvalue weighted by atomic mass is 9.99. The van der Waals surface area contributed by atoms with Crippen LogP contribution in [0.25, 0.3) is 0 Å². The highest BCUT2D eigenvalue weighted by molar-refractivity contribution is 7.47. The first kappa shape index (κ1) is 97.5. The minimum Gasteiger partial charge on any atom is -0.462 e. The van der Waals surface area contributed by atoms with Gasteiger partial charge in [-0.2, -0.15) is 0 Å². The lowest BCUT2D eigenvalue weighted by Gasteiger charge is -2.21. The summed E-state index contributed by atoms with van der Waals surface area (Å²) < 4.78 is 68.7. The molecule has 0 saturated heterocycles. The van der Waals surface area contributed by atoms with Crippen LogP contribution < -0.4 is 0 Å². The van der Waals surface area contributed by atoms with Crippen LogP contribution in [-0.2, 0) is 65.4 Å². The van der Waals surface area contributed by atoms with Crippen molar-refractivity contribution in [1.29, 1.82) is 0 Å². The Kier molecular flexibility index (Phi) is 69.1. The van der Waals surface area contributed by atoms with Gasteiger partial charge in [-0.05, 0) is 69.1 Å². The molecule has 0 aliphatic heterocycles. The van der Waals surface area contributed by atoms with E-state index in [1.54, 1.807) is 0 Å². The van der Waals surface area contributed by atoms with Crippen LogP contribution in [-0.4, -0.2) is 96.7 Å². The van der Waals surface area contributed by atoms with Crippen LogP contribution in [0.15, 0.2) is 24.3 Å². The van der Waals surface area contributed by atoms with Crippen molar-refractivity contribution in [3.8, 4) is 0 Å². The van der Waals surface area contributed by atoms with Crippen molar-refractivity contribution in [3.05, 3.63) is 24.3 Å². The molecular weight excluding hydrogens is 1310 g/mol. The predicted octanol–water partition coefficient (Wildman–Crippen LogP) is 23.7. The van der Waals surface area contributed by atoms with E-state index in [0.717, 1.165) is 127 Å². The quantitative estimate of drug-likeness (QED) is 0.0169. The molecular formula is C81H154O17P2. The van der Waals surface area contributed by atoms with E-state index in [1.165, 1.54) is 180 Å². The third-order valence-corrected chi connectivity index (χ3v) is 20.5. The summed E-state index contributed by atoms with van der Waals surface area (Å²) in [5.41, 5.74) is 0. The van der Waals surface area contributed by atoms with Crippen molar-refractivity contribution in [2.24, 2.45) is 17.8 Å². The van der Waals surface area contributed by atoms with Gasteiger partial charge in [0.1, 0.15) is 19.3 Å². The van der Waals surface area contributed by atoms with Crippen LogP contribution in [0, 0.1) is 17.8 Å². The number of unbranched alkanes of at least 4 members (excludes halogenated alkanes) is 41. The first-order valence-corrected chi connectivity index (χ1v) is 44.2. The molecule has 0 saturated carbocycles. The molecule has 0 aliphatic rings. The molecule has 0 aliphatic carbocycles. The Hall–Kier alpha value is -2.46. The maximum absolute atomic E-state index is 13.1. The maximum atomic E-state index is 13.1. The highest BCUT2D eigenvalue weighted by atomic mass is 31.2. The summed E-state index contributed by atoms with van der Waals surface area (Å²) >= 11 is 0. The minimum absolute atomic E-state index is 0.100. The number of aliphatic hydroxyl groups excluding tert-OH is 1. The molecule has 19 heteroatoms. The van der Waals surface area contributed by atoms with E-state index in [1.807, 2.05) is 0 Å². The van der Waals surface area contributed by atoms with E-state index >= 15 is 0 Å². The zero-order chi connectivity index (χ0) is 73.7. The van der Waals surface area contributed by atoms with Gasteiger partial charge in [-0.3, -0.25) is 37.3 Å². The van der Waals surface area contributed by atoms with Gasteiger partial charge in [-0.15, -0.1) is 0 Å². The molecule has 0 rings (SSSR count). The number of aliphatic hydroxyl groups is 1. The maximum Gasteiger partial charge on any atom is 0.472 e. The number of allylic oxidation sites excluding steroid dienone is 4. The Balaban J connectivity index is 5.28. The summed E-state index contributed by atoms with van der Waals surface area (Å²) in [7, 11) is -9.93. The standard InChI is InChI=1S/C81H154O17P2/c1-8-10-11-12-13-14-15-16-17-24-29-34-41-48-55-62-78(83)91-68-76(97-80(85)64-58-51-43-36-31-26-21-19-23-28-33-40-47-54-61-74(7)9-2)70-95-99(87,88)93-66-75(82)67-94-100(89,90)96-71-77(69-92-79(84)63-56-49-44-37-39-46-53-60-73(5)6)98-81(86)65-57-50-42-35-30-25-20-18-22-27-32-38-45-52-59-72(3)4/h14-17,72-77,82H,8-13,18-71H2,1-7H3,(H,87,88)(H,89,90)/b15-14-,17-16-/t74?,75?,76-,77-/m1/s1. The second kappa shape index (κ2) is 70.8. The van der Waals surface area contributed by atoms with E-state index in [-0.39, 0.29) is 25.7 Å². The summed E-state index contributed by atoms with van der Waals surface area (Å²) in [6.45, 7) is 11.9. The van der Waals surface area contributed by atoms with Gasteiger partial charge in [0.2, 0.25) is 0 Å². The third-order valence-electron chi connectivity index (χ3n) is 18.6. The summed E-state index contributed by atoms with van der Waals surface area (Å²) in [4.78, 5) is 73.0. The fourth-order valence-corrected chi connectivity index (χ4v) is 13.5. The van der Waals surface area contributed by atoms with Crippen molar-refractivity contribution >= 4 is 39.5 Å². The number of phosphoric ester groups is 2. The molecule has 0 amide bonds. The normalized spacial score (nSPS) is 14.4. The molecule has 3 N–H and O–H groups in total. The highest BCUT2D eigenvalue weighted by Crippen LogP contribution is 2.45. The Morgan fingerprint density at radius 3 is 0.890 bits per heavy atom. The molecule has 0 bridgehead atoms. The van der Waals surface area contributed by atoms with Gasteiger partial charge in [0.15, 0.2) is 12.2 Å². The molecule has 0 heterocycles. The number of carbonyl (C=O) groups is 4. The molecule has 590 valence electrons. The van der Waals surface area contributed by atoms with Crippen molar-refractivity contribution in [1.82, 2.24) is 0 Å². The van der Waals surface area contributed by atoms with Gasteiger partial charge in [0.25, 0.3) is 0 Å². The molecule has 0 aromatic rings. The van der Waals surface area contributed by atoms with Crippen LogP contribution in [0.5, 0.6) is 0 Å². The van der Waals surface area contributed by atoms with Crippen molar-refractivity contribution in [2.45, 2.75) is 414 Å². The van der Waals surface area contributed by atoms with E-state index in [9.17, 15) is 43.2 Å². The molecule has 6 atom stereocenters. The molecule has 0 spiro atoms. The number of carbonyl (C=O) groups excluding carboxylic acids is 4. The van der Waals surface area contributed by atoms with Crippen molar-refractivity contribution in [3.63, 3.8) is 0 Å². The van der Waals surface area contributed by atoms with Crippen molar-refractivity contribution < 1.29 is 80.2 Å². The van der Waals surface area contributed by atoms with Gasteiger partial charge in [0.05, 0.1) is 26.4 Å². The molecule has 0 fully saturated rings. The van der Waals surface area contributed by atoms with Gasteiger partial charge in [-0.25, -0.2) is 9.13 Å². The topological polar surface area (TPSA) is 237 Å². The SMILES string of the molecule is CCCCCC/C=C\C=C/CCCCCCCC(=O)OC[C@H](COP(=O)(O)OCC(O)COP(=O)(O)OC[C@@H](COC(=O)CCCCCCCCCC(C)C)OC(=O)CCCCCCCCCCCCCCCCC(C)C)OC(=O)CCCCCCCCCCCCCCCCC(C)CC. The Labute approximate surface area is 612 Å². The Bertz CT molecular complexity index is 2040. The smallest absolute Gasteiger partial charge is 0.462 e. The van der Waals surface area contributed by atoms with E-state index in [4.69, 9.17) is 37.0 Å². The second-order valence-corrected chi connectivity index (χ2v) is 32.6. The number of hydrogen-bond acceptors (Lipinski definition) is 15. The summed E-state index contributed by atoms with van der Waals surface area (Å²) in [6, 6.07) is 0. The van der Waals surface area contributed by atoms with Crippen molar-refractivity contribution in [2.75, 3.05) is 39.6 Å². The van der Waals surface area contributed by atoms with Crippen LogP contribution in [0.1, 0.15) is 395 Å². The summed E-state index contributed by atoms with van der Waals surface area (Å²) in [5, 5.41) is 10.6. The largest absolute Gasteiger partial charge is 0.472 e. The number of ether oxygens (including phenoxy) is 4. The lowest BCUT2D eigenvalue weighted by Crippen LogP contribution is -2.30. The average molecular weight is 1460 g/mol. The number of esters is 4. The van der Waals surface area contributed by atoms with Crippen LogP contribution in [0.3, 0.4) is 0 Å². The monoisotopic (exact) mass is 1460 g/mol. The third kappa shape index (κ3) is 72.5. The zero-order valence-corrected chi connectivity index (χ0v) is 66.9. The van der Waals surface area contributed by atoms with Crippen LogP contribution in [0.2, 0.25) is 0 Å². The van der Waals surface area contributed by atoms with Gasteiger partial charge in [0, 0.05) is 25.7 Å². The average Bonchev–Trinajstić information content (AvgIpc) is 0.991. The molecule has 0 aromatic carbocycles. The fraction of sp³-hybridized carbons (Fsp3) is 0.901. The van der Waals surface area contributed by atoms with Gasteiger partial charge in [-0.1, -0.05) is 342 Å². The highest BCUT2D eigenvalue weighted by Gasteiger charge is 2.30. The predicted molar refractivity (Wildman–Crippen MR) is 409 cm³/mol. The number of hydrogen-bond donors (Lipinski definition) is 3. The number of rotatable bonds is 77. The Morgan fingerprint density at radius 1 is 0.330 bits per heavy atom. The molecule has 0 radical (unpaired) electrons. The second-order valence-electron chi connectivity index (χ2n) is 29.7. The zero-order valence-electron chi connectivity index (χ0n) is 65.2. The minimum atomic E-state index is -4.97. The molecule has 17 nitrogen and oxygen atoms in total. The van der Waals surface area contributed by atoms with E-state index < -0.39 is 97.5 Å². The van der Waals surface area contributed by atoms with Crippen LogP contribution >= 0.6 is 15.6 Å². The number of phosphoric acid groups is 2. The van der Waals surface area contributed by atoms with E-state index in [0.29, 0.717) is 31.6 Å². The Morgan fingerprint density at radius 2 is 0.590 bits per heavy atom. The lowest BCUT2D eigenvalue weighted by molar-refractivity contribution is -0.161. The first-order chi connectivity index (χ1) is 48.3. The van der Waals surface area contributed by atoms with Crippen LogP contribution in [0.4, 0.5) is 0 Å². The molecule has 100 heavy (non-hydrogen) atoms. The first-order valence-electron chi connectivity index (χ1n) is 41.2.